The largest absolute Gasteiger partial charge is 0.478 e. The zero-order valence-electron chi connectivity index (χ0n) is 11.6. The van der Waals surface area contributed by atoms with Gasteiger partial charge in [-0.1, -0.05) is 30.0 Å². The van der Waals surface area contributed by atoms with Crippen molar-refractivity contribution < 1.29 is 9.90 Å². The van der Waals surface area contributed by atoms with E-state index in [4.69, 9.17) is 0 Å². The summed E-state index contributed by atoms with van der Waals surface area (Å²) in [6, 6.07) is 11.2. The number of para-hydroxylation sites is 1. The lowest BCUT2D eigenvalue weighted by Gasteiger charge is -2.07. The van der Waals surface area contributed by atoms with Gasteiger partial charge >= 0.3 is 5.97 Å². The SMILES string of the molecule is CSc1nc2c(C(=O)O)cc(C)nc2n1-c1ccccc1. The number of aromatic carboxylic acids is 1. The van der Waals surface area contributed by atoms with E-state index >= 15 is 0 Å². The Labute approximate surface area is 125 Å². The third-order valence-electron chi connectivity index (χ3n) is 3.14. The summed E-state index contributed by atoms with van der Waals surface area (Å²) in [6.07, 6.45) is 1.91. The molecule has 21 heavy (non-hydrogen) atoms. The van der Waals surface area contributed by atoms with Gasteiger partial charge in [-0.2, -0.15) is 0 Å². The molecule has 0 aliphatic rings. The van der Waals surface area contributed by atoms with Crippen LogP contribution < -0.4 is 0 Å². The maximum Gasteiger partial charge on any atom is 0.338 e. The fourth-order valence-corrected chi connectivity index (χ4v) is 2.82. The van der Waals surface area contributed by atoms with Crippen LogP contribution in [0.4, 0.5) is 0 Å². The van der Waals surface area contributed by atoms with Gasteiger partial charge in [0.25, 0.3) is 0 Å². The number of pyridine rings is 1. The zero-order valence-corrected chi connectivity index (χ0v) is 12.4. The molecule has 106 valence electrons. The van der Waals surface area contributed by atoms with E-state index in [0.717, 1.165) is 10.8 Å². The highest BCUT2D eigenvalue weighted by Gasteiger charge is 2.19. The number of carboxylic acids is 1. The molecule has 0 saturated carbocycles. The minimum atomic E-state index is -0.990. The number of aromatic nitrogens is 3. The summed E-state index contributed by atoms with van der Waals surface area (Å²) in [7, 11) is 0. The molecule has 1 N–H and O–H groups in total. The van der Waals surface area contributed by atoms with Gasteiger partial charge in [-0.15, -0.1) is 0 Å². The third-order valence-corrected chi connectivity index (χ3v) is 3.78. The molecule has 0 bridgehead atoms. The van der Waals surface area contributed by atoms with Crippen LogP contribution in [0.1, 0.15) is 16.1 Å². The number of benzene rings is 1. The first-order valence-electron chi connectivity index (χ1n) is 6.34. The van der Waals surface area contributed by atoms with Crippen LogP contribution in [-0.2, 0) is 0 Å². The van der Waals surface area contributed by atoms with E-state index in [1.807, 2.05) is 41.2 Å². The summed E-state index contributed by atoms with van der Waals surface area (Å²) in [5.41, 5.74) is 2.75. The highest BCUT2D eigenvalue weighted by atomic mass is 32.2. The predicted octanol–water partition coefficient (Wildman–Crippen LogP) is 3.15. The number of rotatable bonds is 3. The van der Waals surface area contributed by atoms with Crippen LogP contribution in [0.2, 0.25) is 0 Å². The number of thioether (sulfide) groups is 1. The second kappa shape index (κ2) is 5.21. The van der Waals surface area contributed by atoms with Gasteiger partial charge in [0.1, 0.15) is 5.52 Å². The van der Waals surface area contributed by atoms with E-state index in [1.54, 1.807) is 13.0 Å². The molecular weight excluding hydrogens is 286 g/mol. The lowest BCUT2D eigenvalue weighted by Crippen LogP contribution is -2.02. The fraction of sp³-hybridized carbons (Fsp3) is 0.133. The molecule has 2 aromatic heterocycles. The van der Waals surface area contributed by atoms with Crippen molar-refractivity contribution in [3.8, 4) is 5.69 Å². The summed E-state index contributed by atoms with van der Waals surface area (Å²) in [5, 5.41) is 10.1. The number of hydrogen-bond donors (Lipinski definition) is 1. The Morgan fingerprint density at radius 1 is 1.24 bits per heavy atom. The van der Waals surface area contributed by atoms with Crippen molar-refractivity contribution in [3.63, 3.8) is 0 Å². The second-order valence-electron chi connectivity index (χ2n) is 4.56. The van der Waals surface area contributed by atoms with Crippen LogP contribution in [0.15, 0.2) is 41.6 Å². The Kier molecular flexibility index (Phi) is 3.39. The minimum absolute atomic E-state index is 0.183. The van der Waals surface area contributed by atoms with Gasteiger partial charge in [0.2, 0.25) is 0 Å². The first-order chi connectivity index (χ1) is 10.1. The van der Waals surface area contributed by atoms with E-state index in [-0.39, 0.29) is 5.56 Å². The molecule has 0 unspecified atom stereocenters. The third kappa shape index (κ3) is 2.27. The molecule has 0 aliphatic heterocycles. The molecule has 2 heterocycles. The van der Waals surface area contributed by atoms with E-state index in [0.29, 0.717) is 16.9 Å². The van der Waals surface area contributed by atoms with Gasteiger partial charge < -0.3 is 5.11 Å². The zero-order chi connectivity index (χ0) is 15.0. The van der Waals surface area contributed by atoms with Crippen molar-refractivity contribution in [2.75, 3.05) is 6.26 Å². The maximum absolute atomic E-state index is 11.4. The van der Waals surface area contributed by atoms with Crippen LogP contribution in [0.25, 0.3) is 16.9 Å². The average molecular weight is 299 g/mol. The lowest BCUT2D eigenvalue weighted by atomic mass is 10.2. The highest BCUT2D eigenvalue weighted by Crippen LogP contribution is 2.27. The van der Waals surface area contributed by atoms with E-state index in [2.05, 4.69) is 9.97 Å². The second-order valence-corrected chi connectivity index (χ2v) is 5.33. The topological polar surface area (TPSA) is 68.0 Å². The smallest absolute Gasteiger partial charge is 0.338 e. The number of nitrogens with zero attached hydrogens (tertiary/aromatic N) is 3. The molecule has 1 aromatic carbocycles. The van der Waals surface area contributed by atoms with Crippen molar-refractivity contribution in [3.05, 3.63) is 47.7 Å². The number of imidazole rings is 1. The highest BCUT2D eigenvalue weighted by molar-refractivity contribution is 7.98. The first kappa shape index (κ1) is 13.6. The van der Waals surface area contributed by atoms with E-state index < -0.39 is 5.97 Å². The molecule has 0 aliphatic carbocycles. The predicted molar refractivity (Wildman–Crippen MR) is 82.3 cm³/mol. The Balaban J connectivity index is 2.41. The van der Waals surface area contributed by atoms with Gasteiger partial charge in [-0.05, 0) is 31.4 Å². The molecule has 0 spiro atoms. The molecule has 0 saturated heterocycles. The number of carboxylic acid groups (broad SMARTS) is 1. The quantitative estimate of drug-likeness (QED) is 0.752. The standard InChI is InChI=1S/C15H13N3O2S/c1-9-8-11(14(19)20)12-13(16-9)18(15(17-12)21-2)10-6-4-3-5-7-10/h3-8H,1-2H3,(H,19,20). The fourth-order valence-electron chi connectivity index (χ4n) is 2.26. The molecule has 0 fully saturated rings. The van der Waals surface area contributed by atoms with Crippen LogP contribution in [0.3, 0.4) is 0 Å². The molecular formula is C15H13N3O2S. The van der Waals surface area contributed by atoms with E-state index in [1.165, 1.54) is 11.8 Å². The Morgan fingerprint density at radius 2 is 1.95 bits per heavy atom. The summed E-state index contributed by atoms with van der Waals surface area (Å²) < 4.78 is 1.89. The van der Waals surface area contributed by atoms with Crippen molar-refractivity contribution in [1.29, 1.82) is 0 Å². The van der Waals surface area contributed by atoms with Crippen LogP contribution in [0.5, 0.6) is 0 Å². The van der Waals surface area contributed by atoms with Crippen molar-refractivity contribution in [1.82, 2.24) is 14.5 Å². The molecule has 3 rings (SSSR count). The van der Waals surface area contributed by atoms with Crippen molar-refractivity contribution in [2.45, 2.75) is 12.1 Å². The Morgan fingerprint density at radius 3 is 2.57 bits per heavy atom. The molecule has 0 atom stereocenters. The first-order valence-corrected chi connectivity index (χ1v) is 7.57. The summed E-state index contributed by atoms with van der Waals surface area (Å²) >= 11 is 1.46. The summed E-state index contributed by atoms with van der Waals surface area (Å²) in [4.78, 5) is 20.4. The van der Waals surface area contributed by atoms with Crippen molar-refractivity contribution >= 4 is 28.9 Å². The molecule has 3 aromatic rings. The molecule has 0 amide bonds. The number of fused-ring (bicyclic) bond motifs is 1. The number of aryl methyl sites for hydroxylation is 1. The Bertz CT molecular complexity index is 828. The van der Waals surface area contributed by atoms with E-state index in [9.17, 15) is 9.90 Å². The van der Waals surface area contributed by atoms with Gasteiger partial charge in [-0.3, -0.25) is 4.57 Å². The van der Waals surface area contributed by atoms with Crippen LogP contribution in [-0.4, -0.2) is 31.9 Å². The number of carbonyl (C=O) groups is 1. The van der Waals surface area contributed by atoms with Crippen LogP contribution >= 0.6 is 11.8 Å². The van der Waals surface area contributed by atoms with Crippen molar-refractivity contribution in [2.24, 2.45) is 0 Å². The van der Waals surface area contributed by atoms with Gasteiger partial charge in [0.05, 0.1) is 5.56 Å². The minimum Gasteiger partial charge on any atom is -0.478 e. The normalized spacial score (nSPS) is 11.0. The lowest BCUT2D eigenvalue weighted by molar-refractivity contribution is 0.0698. The maximum atomic E-state index is 11.4. The van der Waals surface area contributed by atoms with Crippen LogP contribution in [0, 0.1) is 6.92 Å². The van der Waals surface area contributed by atoms with Gasteiger partial charge in [0, 0.05) is 11.4 Å². The van der Waals surface area contributed by atoms with Gasteiger partial charge in [-0.25, -0.2) is 14.8 Å². The summed E-state index contributed by atoms with van der Waals surface area (Å²) in [6.45, 7) is 1.78. The van der Waals surface area contributed by atoms with Gasteiger partial charge in [0.15, 0.2) is 10.8 Å². The molecule has 5 nitrogen and oxygen atoms in total. The Hall–Kier alpha value is -2.34. The molecule has 0 radical (unpaired) electrons. The molecule has 6 heteroatoms. The monoisotopic (exact) mass is 299 g/mol. The summed E-state index contributed by atoms with van der Waals surface area (Å²) in [5.74, 6) is -0.990. The number of hydrogen-bond acceptors (Lipinski definition) is 4. The average Bonchev–Trinajstić information content (AvgIpc) is 2.85.